The van der Waals surface area contributed by atoms with Crippen LogP contribution in [0, 0.1) is 5.82 Å². The minimum Gasteiger partial charge on any atom is -0.336 e. The zero-order valence-corrected chi connectivity index (χ0v) is 18.4. The summed E-state index contributed by atoms with van der Waals surface area (Å²) >= 11 is 0. The lowest BCUT2D eigenvalue weighted by atomic mass is 10.1. The summed E-state index contributed by atoms with van der Waals surface area (Å²) in [6.07, 6.45) is 2.79. The van der Waals surface area contributed by atoms with Crippen LogP contribution in [0.4, 0.5) is 4.39 Å². The maximum Gasteiger partial charge on any atom is 0.253 e. The van der Waals surface area contributed by atoms with E-state index in [2.05, 4.69) is 4.90 Å². The number of piperazine rings is 1. The topological polar surface area (TPSA) is 60.9 Å². The summed E-state index contributed by atoms with van der Waals surface area (Å²) in [6, 6.07) is 13.1. The highest BCUT2D eigenvalue weighted by atomic mass is 32.2. The van der Waals surface area contributed by atoms with Gasteiger partial charge in [0.1, 0.15) is 5.82 Å². The van der Waals surface area contributed by atoms with E-state index in [1.54, 1.807) is 35.2 Å². The van der Waals surface area contributed by atoms with Crippen LogP contribution in [0.15, 0.2) is 53.4 Å². The van der Waals surface area contributed by atoms with Gasteiger partial charge in [-0.05, 0) is 37.1 Å². The van der Waals surface area contributed by atoms with E-state index in [1.807, 2.05) is 6.07 Å². The molecule has 2 saturated heterocycles. The number of carbonyl (C=O) groups excluding carboxylic acids is 1. The molecule has 6 nitrogen and oxygen atoms in total. The van der Waals surface area contributed by atoms with Gasteiger partial charge in [0, 0.05) is 56.9 Å². The fourth-order valence-electron chi connectivity index (χ4n) is 4.20. The number of carbonyl (C=O) groups is 1. The zero-order valence-electron chi connectivity index (χ0n) is 17.5. The molecule has 2 aliphatic heterocycles. The summed E-state index contributed by atoms with van der Waals surface area (Å²) < 4.78 is 41.3. The van der Waals surface area contributed by atoms with E-state index < -0.39 is 10.0 Å². The largest absolute Gasteiger partial charge is 0.336 e. The molecule has 0 radical (unpaired) electrons. The Labute approximate surface area is 183 Å². The quantitative estimate of drug-likeness (QED) is 0.710. The summed E-state index contributed by atoms with van der Waals surface area (Å²) in [5, 5.41) is 0. The van der Waals surface area contributed by atoms with Crippen molar-refractivity contribution in [2.45, 2.75) is 30.7 Å². The first-order chi connectivity index (χ1) is 14.9. The second-order valence-corrected chi connectivity index (χ2v) is 10.1. The predicted molar refractivity (Wildman–Crippen MR) is 117 cm³/mol. The van der Waals surface area contributed by atoms with Crippen LogP contribution in [0.3, 0.4) is 0 Å². The lowest BCUT2D eigenvalue weighted by Gasteiger charge is -2.35. The number of amides is 1. The fourth-order valence-corrected chi connectivity index (χ4v) is 5.77. The minimum absolute atomic E-state index is 0.166. The molecule has 2 aromatic carbocycles. The summed E-state index contributed by atoms with van der Waals surface area (Å²) in [4.78, 5) is 17.1. The number of hydrogen-bond donors (Lipinski definition) is 0. The maximum atomic E-state index is 13.9. The molecule has 2 aromatic rings. The molecule has 0 saturated carbocycles. The third-order valence-corrected chi connectivity index (χ3v) is 7.94. The highest BCUT2D eigenvalue weighted by Crippen LogP contribution is 2.22. The summed E-state index contributed by atoms with van der Waals surface area (Å²) in [5.41, 5.74) is 1.04. The number of sulfonamides is 1. The van der Waals surface area contributed by atoms with Crippen LogP contribution in [0.5, 0.6) is 0 Å². The molecule has 0 bridgehead atoms. The molecule has 31 heavy (non-hydrogen) atoms. The number of halogens is 1. The van der Waals surface area contributed by atoms with Gasteiger partial charge in [0.25, 0.3) is 5.91 Å². The van der Waals surface area contributed by atoms with Gasteiger partial charge in [-0.1, -0.05) is 30.7 Å². The van der Waals surface area contributed by atoms with Gasteiger partial charge >= 0.3 is 0 Å². The van der Waals surface area contributed by atoms with E-state index in [1.165, 1.54) is 16.4 Å². The van der Waals surface area contributed by atoms with Crippen molar-refractivity contribution in [1.82, 2.24) is 14.1 Å². The molecule has 8 heteroatoms. The number of hydrogen-bond acceptors (Lipinski definition) is 4. The molecule has 2 fully saturated rings. The molecule has 0 spiro atoms. The van der Waals surface area contributed by atoms with Gasteiger partial charge in [-0.15, -0.1) is 0 Å². The lowest BCUT2D eigenvalue weighted by molar-refractivity contribution is 0.0627. The first kappa shape index (κ1) is 21.9. The monoisotopic (exact) mass is 445 g/mol. The molecular weight excluding hydrogens is 417 g/mol. The number of benzene rings is 2. The van der Waals surface area contributed by atoms with E-state index in [4.69, 9.17) is 0 Å². The van der Waals surface area contributed by atoms with Crippen molar-refractivity contribution in [3.05, 3.63) is 65.5 Å². The maximum absolute atomic E-state index is 13.9. The smallest absolute Gasteiger partial charge is 0.253 e. The third-order valence-electron chi connectivity index (χ3n) is 6.05. The lowest BCUT2D eigenvalue weighted by Crippen LogP contribution is -2.48. The van der Waals surface area contributed by atoms with Crippen molar-refractivity contribution in [3.8, 4) is 0 Å². The highest BCUT2D eigenvalue weighted by molar-refractivity contribution is 7.89. The molecule has 0 aromatic heterocycles. The Balaban J connectivity index is 1.40. The molecule has 0 unspecified atom stereocenters. The summed E-state index contributed by atoms with van der Waals surface area (Å²) in [7, 11) is -3.58. The van der Waals surface area contributed by atoms with Crippen LogP contribution in [0.1, 0.15) is 35.2 Å². The normalized spacial score (nSPS) is 18.8. The Bertz CT molecular complexity index is 1030. The summed E-state index contributed by atoms with van der Waals surface area (Å²) in [6.45, 7) is 3.91. The Kier molecular flexibility index (Phi) is 6.69. The van der Waals surface area contributed by atoms with Gasteiger partial charge in [0.05, 0.1) is 4.90 Å². The number of piperidine rings is 1. The molecule has 4 rings (SSSR count). The Morgan fingerprint density at radius 1 is 0.871 bits per heavy atom. The Morgan fingerprint density at radius 2 is 1.58 bits per heavy atom. The molecule has 2 aliphatic rings. The van der Waals surface area contributed by atoms with E-state index in [0.29, 0.717) is 56.9 Å². The van der Waals surface area contributed by atoms with Crippen molar-refractivity contribution < 1.29 is 17.6 Å². The average Bonchev–Trinajstić information content (AvgIpc) is 2.81. The fraction of sp³-hybridized carbons (Fsp3) is 0.435. The van der Waals surface area contributed by atoms with Crippen molar-refractivity contribution in [3.63, 3.8) is 0 Å². The molecule has 1 amide bonds. The van der Waals surface area contributed by atoms with Gasteiger partial charge in [0.15, 0.2) is 0 Å². The molecule has 2 heterocycles. The zero-order chi connectivity index (χ0) is 21.8. The standard InChI is InChI=1S/C23H28FN3O3S/c24-22-10-3-2-7-20(22)18-25-13-15-26(16-14-25)23(28)19-8-6-9-21(17-19)31(29,30)27-11-4-1-5-12-27/h2-3,6-10,17H,1,4-5,11-16,18H2. The molecule has 0 atom stereocenters. The Morgan fingerprint density at radius 3 is 2.29 bits per heavy atom. The molecule has 166 valence electrons. The van der Waals surface area contributed by atoms with E-state index in [9.17, 15) is 17.6 Å². The second-order valence-electron chi connectivity index (χ2n) is 8.15. The van der Waals surface area contributed by atoms with E-state index in [0.717, 1.165) is 19.3 Å². The number of nitrogens with zero attached hydrogens (tertiary/aromatic N) is 3. The van der Waals surface area contributed by atoms with Crippen molar-refractivity contribution >= 4 is 15.9 Å². The van der Waals surface area contributed by atoms with Crippen LogP contribution in [-0.4, -0.2) is 67.7 Å². The highest BCUT2D eigenvalue weighted by Gasteiger charge is 2.28. The van der Waals surface area contributed by atoms with Crippen LogP contribution in [0.25, 0.3) is 0 Å². The molecule has 0 N–H and O–H groups in total. The van der Waals surface area contributed by atoms with Crippen molar-refractivity contribution in [2.75, 3.05) is 39.3 Å². The van der Waals surface area contributed by atoms with Gasteiger partial charge in [-0.2, -0.15) is 4.31 Å². The molecule has 0 aliphatic carbocycles. The Hall–Kier alpha value is -2.29. The second kappa shape index (κ2) is 9.46. The van der Waals surface area contributed by atoms with Gasteiger partial charge in [-0.25, -0.2) is 12.8 Å². The van der Waals surface area contributed by atoms with Crippen LogP contribution in [0.2, 0.25) is 0 Å². The molecular formula is C23H28FN3O3S. The first-order valence-electron chi connectivity index (χ1n) is 10.8. The minimum atomic E-state index is -3.58. The summed E-state index contributed by atoms with van der Waals surface area (Å²) in [5.74, 6) is -0.381. The van der Waals surface area contributed by atoms with E-state index >= 15 is 0 Å². The van der Waals surface area contributed by atoms with Crippen LogP contribution < -0.4 is 0 Å². The number of rotatable bonds is 5. The van der Waals surface area contributed by atoms with E-state index in [-0.39, 0.29) is 16.6 Å². The van der Waals surface area contributed by atoms with Gasteiger partial charge in [-0.3, -0.25) is 9.69 Å². The SMILES string of the molecule is O=C(c1cccc(S(=O)(=O)N2CCCCC2)c1)N1CCN(Cc2ccccc2F)CC1. The van der Waals surface area contributed by atoms with Gasteiger partial charge < -0.3 is 4.90 Å². The van der Waals surface area contributed by atoms with Crippen molar-refractivity contribution in [2.24, 2.45) is 0 Å². The van der Waals surface area contributed by atoms with Gasteiger partial charge in [0.2, 0.25) is 10.0 Å². The third kappa shape index (κ3) is 4.97. The average molecular weight is 446 g/mol. The van der Waals surface area contributed by atoms with Crippen molar-refractivity contribution in [1.29, 1.82) is 0 Å². The van der Waals surface area contributed by atoms with Crippen LogP contribution in [-0.2, 0) is 16.6 Å². The first-order valence-corrected chi connectivity index (χ1v) is 12.2. The van der Waals surface area contributed by atoms with Crippen LogP contribution >= 0.6 is 0 Å². The predicted octanol–water partition coefficient (Wildman–Crippen LogP) is 2.96.